The predicted octanol–water partition coefficient (Wildman–Crippen LogP) is 2.91. The minimum Gasteiger partial charge on any atom is -0.351 e. The number of anilines is 1. The first kappa shape index (κ1) is 25.0. The number of nitrogens with one attached hydrogen (secondary N) is 1. The van der Waals surface area contributed by atoms with Crippen LogP contribution >= 0.6 is 11.3 Å². The van der Waals surface area contributed by atoms with E-state index >= 15 is 0 Å². The van der Waals surface area contributed by atoms with Crippen molar-refractivity contribution in [1.82, 2.24) is 19.7 Å². The highest BCUT2D eigenvalue weighted by Gasteiger charge is 2.56. The minimum absolute atomic E-state index is 0.000903. The summed E-state index contributed by atoms with van der Waals surface area (Å²) in [6, 6.07) is 7.01. The summed E-state index contributed by atoms with van der Waals surface area (Å²) >= 11 is 1.28. The van der Waals surface area contributed by atoms with Gasteiger partial charge in [-0.15, -0.1) is 11.3 Å². The molecule has 0 aromatic carbocycles. The molecule has 10 nitrogen and oxygen atoms in total. The number of carbonyl (C=O) groups excluding carboxylic acids is 4. The molecule has 1 aliphatic carbocycles. The van der Waals surface area contributed by atoms with Gasteiger partial charge in [0.1, 0.15) is 5.00 Å². The van der Waals surface area contributed by atoms with E-state index in [1.54, 1.807) is 17.2 Å². The van der Waals surface area contributed by atoms with E-state index in [-0.39, 0.29) is 29.8 Å². The first-order chi connectivity index (χ1) is 18.3. The molecule has 38 heavy (non-hydrogen) atoms. The Balaban J connectivity index is 1.13. The van der Waals surface area contributed by atoms with Crippen LogP contribution in [0, 0.1) is 5.41 Å². The third-order valence-electron chi connectivity index (χ3n) is 8.33. The van der Waals surface area contributed by atoms with E-state index in [2.05, 4.69) is 15.2 Å². The fourth-order valence-corrected chi connectivity index (χ4v) is 7.34. The maximum absolute atomic E-state index is 13.5. The molecular formula is C27H32N6O4S. The Morgan fingerprint density at radius 3 is 2.55 bits per heavy atom. The first-order valence-corrected chi connectivity index (χ1v) is 14.2. The second-order valence-electron chi connectivity index (χ2n) is 10.9. The van der Waals surface area contributed by atoms with Gasteiger partial charge in [-0.05, 0) is 63.3 Å². The number of hydrogen-bond acceptors (Lipinski definition) is 7. The number of pyridine rings is 1. The summed E-state index contributed by atoms with van der Waals surface area (Å²) in [5.41, 5.74) is 5.95. The lowest BCUT2D eigenvalue weighted by molar-refractivity contribution is -0.143. The molecule has 4 aliphatic rings. The van der Waals surface area contributed by atoms with E-state index in [1.807, 2.05) is 23.1 Å². The van der Waals surface area contributed by atoms with Gasteiger partial charge in [0.15, 0.2) is 0 Å². The summed E-state index contributed by atoms with van der Waals surface area (Å²) in [7, 11) is 0. The molecule has 2 aromatic rings. The first-order valence-electron chi connectivity index (χ1n) is 13.4. The fraction of sp³-hybridized carbons (Fsp3) is 0.519. The van der Waals surface area contributed by atoms with Crippen molar-refractivity contribution in [2.45, 2.75) is 57.0 Å². The Bertz CT molecular complexity index is 1270. The largest absolute Gasteiger partial charge is 0.351 e. The van der Waals surface area contributed by atoms with Gasteiger partial charge in [0, 0.05) is 44.3 Å². The molecule has 0 radical (unpaired) electrons. The molecule has 1 atom stereocenters. The number of thiophene rings is 1. The van der Waals surface area contributed by atoms with Crippen LogP contribution in [-0.4, -0.2) is 81.7 Å². The molecule has 11 heteroatoms. The SMILES string of the molecule is NC(=O)Nc1sc(-c2ccccn2)cc1C(=O)N1CCC(N2CCCC3(CC(=O)N(C4CC4)C3=O)C2)CC1. The van der Waals surface area contributed by atoms with Crippen LogP contribution in [-0.2, 0) is 9.59 Å². The summed E-state index contributed by atoms with van der Waals surface area (Å²) in [6.07, 6.45) is 7.18. The zero-order valence-electron chi connectivity index (χ0n) is 21.2. The van der Waals surface area contributed by atoms with E-state index in [0.717, 1.165) is 55.6 Å². The summed E-state index contributed by atoms with van der Waals surface area (Å²) < 4.78 is 0. The topological polar surface area (TPSA) is 129 Å². The number of urea groups is 1. The van der Waals surface area contributed by atoms with Gasteiger partial charge in [0.05, 0.1) is 21.5 Å². The smallest absolute Gasteiger partial charge is 0.317 e. The molecule has 4 fully saturated rings. The van der Waals surface area contributed by atoms with Crippen molar-refractivity contribution in [1.29, 1.82) is 0 Å². The number of nitrogens with zero attached hydrogens (tertiary/aromatic N) is 4. The molecule has 3 aliphatic heterocycles. The highest BCUT2D eigenvalue weighted by atomic mass is 32.1. The third-order valence-corrected chi connectivity index (χ3v) is 9.41. The molecule has 6 rings (SSSR count). The lowest BCUT2D eigenvalue weighted by atomic mass is 9.77. The Morgan fingerprint density at radius 2 is 1.87 bits per heavy atom. The third kappa shape index (κ3) is 4.58. The average molecular weight is 537 g/mol. The number of hydrogen-bond donors (Lipinski definition) is 2. The van der Waals surface area contributed by atoms with E-state index < -0.39 is 11.4 Å². The lowest BCUT2D eigenvalue weighted by Gasteiger charge is -2.45. The summed E-state index contributed by atoms with van der Waals surface area (Å²) in [5, 5.41) is 3.03. The second kappa shape index (κ2) is 9.77. The van der Waals surface area contributed by atoms with Gasteiger partial charge in [-0.3, -0.25) is 34.5 Å². The van der Waals surface area contributed by atoms with E-state index in [4.69, 9.17) is 5.73 Å². The molecule has 3 saturated heterocycles. The van der Waals surface area contributed by atoms with Gasteiger partial charge in [0.2, 0.25) is 11.8 Å². The second-order valence-corrected chi connectivity index (χ2v) is 12.0. The number of primary amides is 1. The van der Waals surface area contributed by atoms with E-state index in [1.165, 1.54) is 11.3 Å². The fourth-order valence-electron chi connectivity index (χ4n) is 6.31. The van der Waals surface area contributed by atoms with Gasteiger partial charge >= 0.3 is 6.03 Å². The van der Waals surface area contributed by atoms with Crippen LogP contribution in [0.3, 0.4) is 0 Å². The minimum atomic E-state index is -0.716. The Hall–Kier alpha value is -3.31. The molecule has 200 valence electrons. The molecule has 2 aromatic heterocycles. The number of piperidine rings is 2. The standard InChI is InChI=1S/C27H32N6O4S/c28-26(37)30-23-19(14-21(38-23)20-4-1-2-10-29-20)24(35)31-12-7-17(8-13-31)32-11-3-9-27(16-32)15-22(34)33(25(27)36)18-5-6-18/h1-2,4,10,14,17-18H,3,5-9,11-13,15-16H2,(H3,28,30,37). The zero-order chi connectivity index (χ0) is 26.4. The van der Waals surface area contributed by atoms with Crippen molar-refractivity contribution in [3.8, 4) is 10.6 Å². The highest BCUT2D eigenvalue weighted by Crippen LogP contribution is 2.45. The van der Waals surface area contributed by atoms with Crippen LogP contribution < -0.4 is 11.1 Å². The normalized spacial score (nSPS) is 24.8. The van der Waals surface area contributed by atoms with E-state index in [9.17, 15) is 19.2 Å². The van der Waals surface area contributed by atoms with Crippen molar-refractivity contribution in [3.63, 3.8) is 0 Å². The number of rotatable bonds is 5. The summed E-state index contributed by atoms with van der Waals surface area (Å²) in [6.45, 7) is 2.71. The van der Waals surface area contributed by atoms with Crippen LogP contribution in [0.5, 0.6) is 0 Å². The van der Waals surface area contributed by atoms with Crippen LogP contribution in [0.1, 0.15) is 55.3 Å². The van der Waals surface area contributed by atoms with Crippen molar-refractivity contribution >= 4 is 40.1 Å². The number of nitrogens with two attached hydrogens (primary N) is 1. The molecule has 3 N–H and O–H groups in total. The molecule has 5 amide bonds. The number of imide groups is 1. The van der Waals surface area contributed by atoms with Crippen LogP contribution in [0.2, 0.25) is 0 Å². The Kier molecular flexibility index (Phi) is 6.43. The monoisotopic (exact) mass is 536 g/mol. The molecule has 1 saturated carbocycles. The van der Waals surface area contributed by atoms with Crippen molar-refractivity contribution in [2.24, 2.45) is 11.1 Å². The van der Waals surface area contributed by atoms with Crippen molar-refractivity contribution < 1.29 is 19.2 Å². The molecule has 5 heterocycles. The molecule has 1 unspecified atom stereocenters. The summed E-state index contributed by atoms with van der Waals surface area (Å²) in [5.74, 6) is -0.101. The van der Waals surface area contributed by atoms with Gasteiger partial charge in [-0.2, -0.15) is 0 Å². The van der Waals surface area contributed by atoms with Gasteiger partial charge in [0.25, 0.3) is 5.91 Å². The van der Waals surface area contributed by atoms with Crippen LogP contribution in [0.15, 0.2) is 30.5 Å². The Labute approximate surface area is 225 Å². The van der Waals surface area contributed by atoms with Gasteiger partial charge < -0.3 is 10.6 Å². The average Bonchev–Trinajstić information content (AvgIpc) is 3.62. The summed E-state index contributed by atoms with van der Waals surface area (Å²) in [4.78, 5) is 62.0. The maximum atomic E-state index is 13.5. The van der Waals surface area contributed by atoms with Gasteiger partial charge in [-0.25, -0.2) is 4.79 Å². The number of likely N-dealkylation sites (tertiary alicyclic amines) is 3. The molecular weight excluding hydrogens is 504 g/mol. The molecule has 0 bridgehead atoms. The van der Waals surface area contributed by atoms with Crippen LogP contribution in [0.25, 0.3) is 10.6 Å². The van der Waals surface area contributed by atoms with Crippen molar-refractivity contribution in [3.05, 3.63) is 36.0 Å². The van der Waals surface area contributed by atoms with Crippen molar-refractivity contribution in [2.75, 3.05) is 31.5 Å². The highest BCUT2D eigenvalue weighted by molar-refractivity contribution is 7.20. The quantitative estimate of drug-likeness (QED) is 0.566. The number of carbonyl (C=O) groups is 4. The van der Waals surface area contributed by atoms with E-state index in [0.29, 0.717) is 36.6 Å². The lowest BCUT2D eigenvalue weighted by Crippen LogP contribution is -2.54. The number of aromatic nitrogens is 1. The predicted molar refractivity (Wildman–Crippen MR) is 142 cm³/mol. The maximum Gasteiger partial charge on any atom is 0.317 e. The zero-order valence-corrected chi connectivity index (χ0v) is 22.0. The Morgan fingerprint density at radius 1 is 1.08 bits per heavy atom. The van der Waals surface area contributed by atoms with Crippen LogP contribution in [0.4, 0.5) is 9.80 Å². The number of amides is 5. The van der Waals surface area contributed by atoms with Gasteiger partial charge in [-0.1, -0.05) is 6.07 Å². The molecule has 1 spiro atoms.